The van der Waals surface area contributed by atoms with Crippen molar-refractivity contribution in [3.8, 4) is 10.6 Å². The number of benzene rings is 2. The van der Waals surface area contributed by atoms with E-state index in [0.29, 0.717) is 0 Å². The van der Waals surface area contributed by atoms with Crippen LogP contribution in [0.15, 0.2) is 36.4 Å². The van der Waals surface area contributed by atoms with E-state index in [1.807, 2.05) is 11.3 Å². The van der Waals surface area contributed by atoms with Crippen molar-refractivity contribution in [3.05, 3.63) is 47.0 Å². The van der Waals surface area contributed by atoms with Crippen LogP contribution in [0.3, 0.4) is 0 Å². The first kappa shape index (κ1) is 19.5. The number of hydrogen-bond donors (Lipinski definition) is 0. The second kappa shape index (κ2) is 6.93. The van der Waals surface area contributed by atoms with E-state index in [1.54, 1.807) is 11.3 Å². The van der Waals surface area contributed by atoms with Crippen LogP contribution in [0.2, 0.25) is 0 Å². The average Bonchev–Trinajstić information content (AvgIpc) is 3.28. The molecule has 2 aromatic heterocycles. The maximum absolute atomic E-state index is 4.99. The lowest BCUT2D eigenvalue weighted by Gasteiger charge is -2.23. The number of aromatic nitrogens is 2. The Hall–Kier alpha value is -1.78. The molecule has 4 rings (SSSR count). The fourth-order valence-corrected chi connectivity index (χ4v) is 5.65. The molecule has 2 nitrogen and oxygen atoms in total. The SMILES string of the molecule is CCC(C)(CC)c1nc2cc3sc(-c4ccc(C(C)(C)C)cc4)nc3cc2s1. The Kier molecular flexibility index (Phi) is 4.83. The predicted molar refractivity (Wildman–Crippen MR) is 125 cm³/mol. The number of fused-ring (bicyclic) bond motifs is 2. The zero-order valence-electron chi connectivity index (χ0n) is 17.6. The van der Waals surface area contributed by atoms with E-state index in [1.165, 1.54) is 25.5 Å². The molecule has 0 aliphatic carbocycles. The molecular formula is C24H28N2S2. The van der Waals surface area contributed by atoms with Crippen LogP contribution in [-0.4, -0.2) is 9.97 Å². The molecular weight excluding hydrogens is 380 g/mol. The van der Waals surface area contributed by atoms with Crippen LogP contribution >= 0.6 is 22.7 Å². The molecule has 0 spiro atoms. The van der Waals surface area contributed by atoms with E-state index in [-0.39, 0.29) is 10.8 Å². The first-order valence-electron chi connectivity index (χ1n) is 10.1. The van der Waals surface area contributed by atoms with E-state index in [9.17, 15) is 0 Å². The van der Waals surface area contributed by atoms with E-state index in [4.69, 9.17) is 9.97 Å². The van der Waals surface area contributed by atoms with Gasteiger partial charge in [-0.15, -0.1) is 22.7 Å². The summed E-state index contributed by atoms with van der Waals surface area (Å²) in [6.45, 7) is 13.6. The maximum Gasteiger partial charge on any atom is 0.124 e. The molecule has 0 saturated carbocycles. The second-order valence-corrected chi connectivity index (χ2v) is 11.0. The molecule has 4 heteroatoms. The number of nitrogens with zero attached hydrogens (tertiary/aromatic N) is 2. The van der Waals surface area contributed by atoms with Gasteiger partial charge in [0, 0.05) is 11.0 Å². The third-order valence-electron chi connectivity index (χ3n) is 5.97. The quantitative estimate of drug-likeness (QED) is 0.342. The fraction of sp³-hybridized carbons (Fsp3) is 0.417. The molecule has 146 valence electrons. The molecule has 0 amide bonds. The highest BCUT2D eigenvalue weighted by Crippen LogP contribution is 2.39. The first-order valence-corrected chi connectivity index (χ1v) is 11.7. The van der Waals surface area contributed by atoms with Crippen molar-refractivity contribution >= 4 is 43.1 Å². The van der Waals surface area contributed by atoms with Gasteiger partial charge in [0.15, 0.2) is 0 Å². The van der Waals surface area contributed by atoms with E-state index >= 15 is 0 Å². The monoisotopic (exact) mass is 408 g/mol. The minimum Gasteiger partial charge on any atom is -0.241 e. The molecule has 2 aromatic carbocycles. The van der Waals surface area contributed by atoms with Gasteiger partial charge in [-0.2, -0.15) is 0 Å². The van der Waals surface area contributed by atoms with E-state index in [0.717, 1.165) is 28.9 Å². The molecule has 0 atom stereocenters. The summed E-state index contributed by atoms with van der Waals surface area (Å²) in [6, 6.07) is 13.3. The molecule has 28 heavy (non-hydrogen) atoms. The highest BCUT2D eigenvalue weighted by Gasteiger charge is 2.26. The molecule has 0 fully saturated rings. The van der Waals surface area contributed by atoms with Crippen LogP contribution in [0.4, 0.5) is 0 Å². The molecule has 0 saturated heterocycles. The summed E-state index contributed by atoms with van der Waals surface area (Å²) in [4.78, 5) is 9.93. The van der Waals surface area contributed by atoms with Crippen molar-refractivity contribution in [2.75, 3.05) is 0 Å². The third kappa shape index (κ3) is 3.37. The van der Waals surface area contributed by atoms with Gasteiger partial charge in [0.1, 0.15) is 5.01 Å². The summed E-state index contributed by atoms with van der Waals surface area (Å²) in [7, 11) is 0. The average molecular weight is 409 g/mol. The van der Waals surface area contributed by atoms with Gasteiger partial charge in [0.25, 0.3) is 0 Å². The highest BCUT2D eigenvalue weighted by molar-refractivity contribution is 7.22. The minimum absolute atomic E-state index is 0.171. The van der Waals surface area contributed by atoms with Crippen LogP contribution in [0.25, 0.3) is 31.0 Å². The summed E-state index contributed by atoms with van der Waals surface area (Å²) in [5.74, 6) is 0. The standard InChI is InChI=1S/C24H28N2S2/c1-7-24(6,8-2)22-26-18-14-19-17(13-20(18)28-22)25-21(27-19)15-9-11-16(12-10-15)23(3,4)5/h9-14H,7-8H2,1-6H3. The Morgan fingerprint density at radius 1 is 0.786 bits per heavy atom. The van der Waals surface area contributed by atoms with Crippen molar-refractivity contribution in [2.45, 2.75) is 65.2 Å². The number of rotatable bonds is 4. The minimum atomic E-state index is 0.171. The topological polar surface area (TPSA) is 25.8 Å². The fourth-order valence-electron chi connectivity index (χ4n) is 3.40. The zero-order valence-corrected chi connectivity index (χ0v) is 19.2. The van der Waals surface area contributed by atoms with Crippen LogP contribution in [-0.2, 0) is 10.8 Å². The Balaban J connectivity index is 1.74. The van der Waals surface area contributed by atoms with Crippen molar-refractivity contribution in [1.29, 1.82) is 0 Å². The van der Waals surface area contributed by atoms with Gasteiger partial charge >= 0.3 is 0 Å². The molecule has 0 N–H and O–H groups in total. The smallest absolute Gasteiger partial charge is 0.124 e. The maximum atomic E-state index is 4.99. The van der Waals surface area contributed by atoms with Gasteiger partial charge in [0.2, 0.25) is 0 Å². The van der Waals surface area contributed by atoms with E-state index < -0.39 is 0 Å². The molecule has 4 aromatic rings. The van der Waals surface area contributed by atoms with Gasteiger partial charge in [-0.3, -0.25) is 0 Å². The number of thiazole rings is 2. The molecule has 0 bridgehead atoms. The van der Waals surface area contributed by atoms with Gasteiger partial charge in [0.05, 0.1) is 25.4 Å². The lowest BCUT2D eigenvalue weighted by Crippen LogP contribution is -2.18. The Morgan fingerprint density at radius 3 is 1.93 bits per heavy atom. The molecule has 0 aliphatic rings. The van der Waals surface area contributed by atoms with Gasteiger partial charge in [-0.25, -0.2) is 9.97 Å². The summed E-state index contributed by atoms with van der Waals surface area (Å²) < 4.78 is 2.46. The predicted octanol–water partition coefficient (Wildman–Crippen LogP) is 7.95. The van der Waals surface area contributed by atoms with Crippen molar-refractivity contribution in [1.82, 2.24) is 9.97 Å². The third-order valence-corrected chi connectivity index (χ3v) is 8.36. The van der Waals surface area contributed by atoms with E-state index in [2.05, 4.69) is 77.9 Å². The van der Waals surface area contributed by atoms with Crippen LogP contribution in [0, 0.1) is 0 Å². The Labute approximate surface area is 175 Å². The largest absolute Gasteiger partial charge is 0.241 e. The Morgan fingerprint density at radius 2 is 1.36 bits per heavy atom. The summed E-state index contributed by atoms with van der Waals surface area (Å²) in [5.41, 5.74) is 5.08. The van der Waals surface area contributed by atoms with Crippen LogP contribution in [0.1, 0.15) is 65.0 Å². The first-order chi connectivity index (χ1) is 13.2. The zero-order chi connectivity index (χ0) is 20.1. The molecule has 0 aliphatic heterocycles. The van der Waals surface area contributed by atoms with Gasteiger partial charge in [-0.05, 0) is 36.0 Å². The van der Waals surface area contributed by atoms with Crippen molar-refractivity contribution in [3.63, 3.8) is 0 Å². The number of hydrogen-bond acceptors (Lipinski definition) is 4. The normalized spacial score (nSPS) is 12.9. The summed E-state index contributed by atoms with van der Waals surface area (Å²) >= 11 is 3.59. The molecule has 0 unspecified atom stereocenters. The Bertz CT molecular complexity index is 1070. The lowest BCUT2D eigenvalue weighted by atomic mass is 9.85. The van der Waals surface area contributed by atoms with Crippen LogP contribution < -0.4 is 0 Å². The van der Waals surface area contributed by atoms with Gasteiger partial charge in [-0.1, -0.05) is 65.8 Å². The highest BCUT2D eigenvalue weighted by atomic mass is 32.1. The van der Waals surface area contributed by atoms with Crippen molar-refractivity contribution < 1.29 is 0 Å². The summed E-state index contributed by atoms with van der Waals surface area (Å²) in [6.07, 6.45) is 2.23. The van der Waals surface area contributed by atoms with Crippen LogP contribution in [0.5, 0.6) is 0 Å². The van der Waals surface area contributed by atoms with Gasteiger partial charge < -0.3 is 0 Å². The molecule has 2 heterocycles. The lowest BCUT2D eigenvalue weighted by molar-refractivity contribution is 0.437. The molecule has 0 radical (unpaired) electrons. The van der Waals surface area contributed by atoms with Crippen molar-refractivity contribution in [2.24, 2.45) is 0 Å². The summed E-state index contributed by atoms with van der Waals surface area (Å²) in [5, 5.41) is 2.34. The second-order valence-electron chi connectivity index (χ2n) is 8.92.